The zero-order chi connectivity index (χ0) is 15.1. The summed E-state index contributed by atoms with van der Waals surface area (Å²) in [7, 11) is 3.66. The molecule has 112 valence electrons. The molecule has 1 aromatic carbocycles. The van der Waals surface area contributed by atoms with Gasteiger partial charge in [0.15, 0.2) is 5.76 Å². The Morgan fingerprint density at radius 3 is 2.76 bits per heavy atom. The maximum atomic E-state index is 12.3. The van der Waals surface area contributed by atoms with Crippen LogP contribution in [0.3, 0.4) is 0 Å². The Morgan fingerprint density at radius 1 is 1.29 bits per heavy atom. The highest BCUT2D eigenvalue weighted by Crippen LogP contribution is 2.25. The summed E-state index contributed by atoms with van der Waals surface area (Å²) < 4.78 is 5.39. The van der Waals surface area contributed by atoms with Gasteiger partial charge in [0.25, 0.3) is 5.91 Å². The van der Waals surface area contributed by atoms with Gasteiger partial charge in [-0.15, -0.1) is 11.8 Å². The fourth-order valence-electron chi connectivity index (χ4n) is 1.87. The summed E-state index contributed by atoms with van der Waals surface area (Å²) in [5.41, 5.74) is 0.935. The maximum absolute atomic E-state index is 12.3. The molecule has 0 aliphatic carbocycles. The van der Waals surface area contributed by atoms with Gasteiger partial charge in [-0.25, -0.2) is 0 Å². The number of carbonyl (C=O) groups excluding carboxylic acids is 1. The SMILES string of the molecule is CNCCN(C)C(=O)c1occc1CSc1ccccc1. The van der Waals surface area contributed by atoms with Gasteiger partial charge in [-0.1, -0.05) is 18.2 Å². The van der Waals surface area contributed by atoms with Gasteiger partial charge in [0.2, 0.25) is 0 Å². The molecule has 1 N–H and O–H groups in total. The summed E-state index contributed by atoms with van der Waals surface area (Å²) in [6.45, 7) is 1.42. The van der Waals surface area contributed by atoms with Crippen LogP contribution >= 0.6 is 11.8 Å². The van der Waals surface area contributed by atoms with Gasteiger partial charge in [0, 0.05) is 36.3 Å². The van der Waals surface area contributed by atoms with Crippen LogP contribution in [-0.2, 0) is 5.75 Å². The number of nitrogens with zero attached hydrogens (tertiary/aromatic N) is 1. The normalized spacial score (nSPS) is 10.6. The minimum atomic E-state index is -0.0705. The smallest absolute Gasteiger partial charge is 0.289 e. The molecule has 0 unspecified atom stereocenters. The number of furan rings is 1. The van der Waals surface area contributed by atoms with Crippen molar-refractivity contribution in [1.82, 2.24) is 10.2 Å². The highest BCUT2D eigenvalue weighted by atomic mass is 32.2. The van der Waals surface area contributed by atoms with Gasteiger partial charge >= 0.3 is 0 Å². The monoisotopic (exact) mass is 304 g/mol. The van der Waals surface area contributed by atoms with E-state index in [0.29, 0.717) is 12.3 Å². The van der Waals surface area contributed by atoms with Gasteiger partial charge in [0.1, 0.15) is 0 Å². The van der Waals surface area contributed by atoms with Gasteiger partial charge in [-0.2, -0.15) is 0 Å². The van der Waals surface area contributed by atoms with E-state index in [1.807, 2.05) is 31.3 Å². The Kier molecular flexibility index (Phi) is 5.90. The Balaban J connectivity index is 1.99. The molecule has 1 heterocycles. The number of carbonyl (C=O) groups is 1. The van der Waals surface area contributed by atoms with Crippen molar-refractivity contribution in [3.05, 3.63) is 54.0 Å². The molecule has 1 amide bonds. The predicted octanol–water partition coefficient (Wildman–Crippen LogP) is 2.86. The van der Waals surface area contributed by atoms with Crippen molar-refractivity contribution in [1.29, 1.82) is 0 Å². The lowest BCUT2D eigenvalue weighted by atomic mass is 10.2. The molecule has 2 aromatic rings. The van der Waals surface area contributed by atoms with E-state index in [4.69, 9.17) is 4.42 Å². The second-order valence-electron chi connectivity index (χ2n) is 4.71. The minimum absolute atomic E-state index is 0.0705. The topological polar surface area (TPSA) is 45.5 Å². The molecule has 5 heteroatoms. The van der Waals surface area contributed by atoms with Crippen LogP contribution in [0.15, 0.2) is 52.0 Å². The van der Waals surface area contributed by atoms with E-state index in [9.17, 15) is 4.79 Å². The van der Waals surface area contributed by atoms with Crippen molar-refractivity contribution in [2.75, 3.05) is 27.2 Å². The number of nitrogens with one attached hydrogen (secondary N) is 1. The lowest BCUT2D eigenvalue weighted by Crippen LogP contribution is -2.33. The van der Waals surface area contributed by atoms with Crippen molar-refractivity contribution < 1.29 is 9.21 Å². The highest BCUT2D eigenvalue weighted by molar-refractivity contribution is 7.98. The standard InChI is InChI=1S/C16H20N2O2S/c1-17-9-10-18(2)16(19)15-13(8-11-20-15)12-21-14-6-4-3-5-7-14/h3-8,11,17H,9-10,12H2,1-2H3. The first-order valence-corrected chi connectivity index (χ1v) is 7.85. The van der Waals surface area contributed by atoms with Crippen LogP contribution in [0.5, 0.6) is 0 Å². The van der Waals surface area contributed by atoms with Crippen LogP contribution in [0, 0.1) is 0 Å². The first kappa shape index (κ1) is 15.7. The molecule has 21 heavy (non-hydrogen) atoms. The van der Waals surface area contributed by atoms with E-state index in [1.54, 1.807) is 30.0 Å². The Hall–Kier alpha value is -1.72. The summed E-state index contributed by atoms with van der Waals surface area (Å²) in [5, 5.41) is 3.03. The van der Waals surface area contributed by atoms with Crippen molar-refractivity contribution in [2.45, 2.75) is 10.6 Å². The number of benzene rings is 1. The van der Waals surface area contributed by atoms with E-state index in [2.05, 4.69) is 17.4 Å². The second-order valence-corrected chi connectivity index (χ2v) is 5.76. The fourth-order valence-corrected chi connectivity index (χ4v) is 2.77. The molecule has 0 aliphatic rings. The molecule has 4 nitrogen and oxygen atoms in total. The van der Waals surface area contributed by atoms with Crippen molar-refractivity contribution in [2.24, 2.45) is 0 Å². The number of rotatable bonds is 7. The van der Waals surface area contributed by atoms with Crippen molar-refractivity contribution in [3.8, 4) is 0 Å². The summed E-state index contributed by atoms with van der Waals surface area (Å²) in [6.07, 6.45) is 1.58. The third-order valence-electron chi connectivity index (χ3n) is 3.12. The minimum Gasteiger partial charge on any atom is -0.459 e. The first-order chi connectivity index (χ1) is 10.2. The van der Waals surface area contributed by atoms with Gasteiger partial charge in [-0.05, 0) is 25.2 Å². The number of likely N-dealkylation sites (N-methyl/N-ethyl adjacent to an activating group) is 2. The van der Waals surface area contributed by atoms with Crippen LogP contribution < -0.4 is 5.32 Å². The van der Waals surface area contributed by atoms with Crippen molar-refractivity contribution >= 4 is 17.7 Å². The zero-order valence-corrected chi connectivity index (χ0v) is 13.2. The van der Waals surface area contributed by atoms with Gasteiger partial charge in [0.05, 0.1) is 6.26 Å². The molecule has 0 fully saturated rings. The van der Waals surface area contributed by atoms with Crippen LogP contribution in [0.4, 0.5) is 0 Å². The van der Waals surface area contributed by atoms with E-state index in [0.717, 1.165) is 17.9 Å². The molecular weight excluding hydrogens is 284 g/mol. The van der Waals surface area contributed by atoms with Gasteiger partial charge < -0.3 is 14.6 Å². The summed E-state index contributed by atoms with van der Waals surface area (Å²) in [6, 6.07) is 12.0. The molecule has 0 radical (unpaired) electrons. The summed E-state index contributed by atoms with van der Waals surface area (Å²) in [4.78, 5) is 15.2. The predicted molar refractivity (Wildman–Crippen MR) is 85.6 cm³/mol. The lowest BCUT2D eigenvalue weighted by Gasteiger charge is -2.16. The second kappa shape index (κ2) is 7.90. The van der Waals surface area contributed by atoms with E-state index in [-0.39, 0.29) is 5.91 Å². The van der Waals surface area contributed by atoms with E-state index in [1.165, 1.54) is 4.90 Å². The third kappa shape index (κ3) is 4.37. The quantitative estimate of drug-likeness (QED) is 0.799. The van der Waals surface area contributed by atoms with Crippen LogP contribution in [-0.4, -0.2) is 38.0 Å². The first-order valence-electron chi connectivity index (χ1n) is 6.86. The molecule has 2 rings (SSSR count). The maximum Gasteiger partial charge on any atom is 0.289 e. The molecule has 0 saturated heterocycles. The Bertz CT molecular complexity index is 569. The molecule has 0 atom stereocenters. The molecular formula is C16H20N2O2S. The van der Waals surface area contributed by atoms with Crippen molar-refractivity contribution in [3.63, 3.8) is 0 Å². The van der Waals surface area contributed by atoms with Crippen LogP contribution in [0.1, 0.15) is 16.1 Å². The largest absolute Gasteiger partial charge is 0.459 e. The zero-order valence-electron chi connectivity index (χ0n) is 12.3. The fraction of sp³-hybridized carbons (Fsp3) is 0.312. The molecule has 0 bridgehead atoms. The number of hydrogen-bond acceptors (Lipinski definition) is 4. The van der Waals surface area contributed by atoms with Crippen LogP contribution in [0.2, 0.25) is 0 Å². The van der Waals surface area contributed by atoms with Crippen LogP contribution in [0.25, 0.3) is 0 Å². The van der Waals surface area contributed by atoms with E-state index < -0.39 is 0 Å². The number of amides is 1. The average Bonchev–Trinajstić information content (AvgIpc) is 2.99. The molecule has 0 spiro atoms. The molecule has 0 aliphatic heterocycles. The summed E-state index contributed by atoms with van der Waals surface area (Å²) in [5.74, 6) is 1.09. The Labute approximate surface area is 129 Å². The highest BCUT2D eigenvalue weighted by Gasteiger charge is 2.19. The average molecular weight is 304 g/mol. The van der Waals surface area contributed by atoms with Gasteiger partial charge in [-0.3, -0.25) is 4.79 Å². The molecule has 1 aromatic heterocycles. The number of thioether (sulfide) groups is 1. The lowest BCUT2D eigenvalue weighted by molar-refractivity contribution is 0.0764. The number of hydrogen-bond donors (Lipinski definition) is 1. The Morgan fingerprint density at radius 2 is 2.05 bits per heavy atom. The third-order valence-corrected chi connectivity index (χ3v) is 4.18. The van der Waals surface area contributed by atoms with E-state index >= 15 is 0 Å². The summed E-state index contributed by atoms with van der Waals surface area (Å²) >= 11 is 1.70. The molecule has 0 saturated carbocycles.